The van der Waals surface area contributed by atoms with E-state index in [1.165, 1.54) is 47.3 Å². The minimum absolute atomic E-state index is 0.185. The van der Waals surface area contributed by atoms with Gasteiger partial charge < -0.3 is 0 Å². The van der Waals surface area contributed by atoms with Crippen LogP contribution in [0.5, 0.6) is 0 Å². The highest BCUT2D eigenvalue weighted by Crippen LogP contribution is 2.33. The Bertz CT molecular complexity index is 1440. The highest BCUT2D eigenvalue weighted by Gasteiger charge is 2.21. The minimum Gasteiger partial charge on any atom is -0.274 e. The van der Waals surface area contributed by atoms with Crippen molar-refractivity contribution >= 4 is 50.9 Å². The zero-order valence-electron chi connectivity index (χ0n) is 17.4. The number of hydrogen-bond acceptors (Lipinski definition) is 7. The van der Waals surface area contributed by atoms with Crippen molar-refractivity contribution in [3.05, 3.63) is 84.0 Å². The number of hydrogen-bond donors (Lipinski definition) is 0. The Morgan fingerprint density at radius 2 is 1.91 bits per heavy atom. The number of aromatic nitrogens is 5. The molecule has 0 bridgehead atoms. The minimum atomic E-state index is -0.474. The molecule has 0 aliphatic heterocycles. The predicted molar refractivity (Wildman–Crippen MR) is 128 cm³/mol. The molecule has 5 aromatic rings. The van der Waals surface area contributed by atoms with Crippen molar-refractivity contribution in [1.29, 1.82) is 0 Å². The van der Waals surface area contributed by atoms with Crippen LogP contribution in [0.4, 0.5) is 15.2 Å². The summed E-state index contributed by atoms with van der Waals surface area (Å²) in [4.78, 5) is 26.9. The summed E-state index contributed by atoms with van der Waals surface area (Å²) >= 11 is 2.80. The monoisotopic (exact) mass is 476 g/mol. The molecule has 7 nitrogen and oxygen atoms in total. The highest BCUT2D eigenvalue weighted by atomic mass is 32.2. The maximum Gasteiger partial charge on any atom is 0.230 e. The van der Waals surface area contributed by atoms with E-state index in [4.69, 9.17) is 0 Å². The molecule has 0 radical (unpaired) electrons. The van der Waals surface area contributed by atoms with Crippen molar-refractivity contribution in [2.75, 3.05) is 4.90 Å². The lowest BCUT2D eigenvalue weighted by atomic mass is 10.3. The number of carbonyl (C=O) groups is 1. The summed E-state index contributed by atoms with van der Waals surface area (Å²) in [5.74, 6) is -0.251. The van der Waals surface area contributed by atoms with E-state index in [9.17, 15) is 9.18 Å². The van der Waals surface area contributed by atoms with Gasteiger partial charge in [-0.25, -0.2) is 24.0 Å². The summed E-state index contributed by atoms with van der Waals surface area (Å²) in [5, 5.41) is 8.40. The molecule has 0 spiro atoms. The van der Waals surface area contributed by atoms with Gasteiger partial charge in [-0.1, -0.05) is 42.1 Å². The number of thiazole rings is 1. The molecule has 164 valence electrons. The maximum absolute atomic E-state index is 14.3. The number of para-hydroxylation sites is 2. The molecule has 0 N–H and O–H groups in total. The smallest absolute Gasteiger partial charge is 0.230 e. The molecule has 0 unspecified atom stereocenters. The van der Waals surface area contributed by atoms with Gasteiger partial charge in [0, 0.05) is 18.1 Å². The van der Waals surface area contributed by atoms with Crippen molar-refractivity contribution in [3.63, 3.8) is 0 Å². The average molecular weight is 477 g/mol. The van der Waals surface area contributed by atoms with E-state index < -0.39 is 5.82 Å². The Balaban J connectivity index is 1.38. The molecule has 2 aromatic carbocycles. The second kappa shape index (κ2) is 9.08. The third-order valence-electron chi connectivity index (χ3n) is 4.83. The fraction of sp³-hybridized carbons (Fsp3) is 0.0870. The number of thioether (sulfide) groups is 1. The van der Waals surface area contributed by atoms with Gasteiger partial charge in [-0.3, -0.25) is 9.69 Å². The van der Waals surface area contributed by atoms with Gasteiger partial charge in [-0.15, -0.1) is 11.3 Å². The topological polar surface area (TPSA) is 76.8 Å². The summed E-state index contributed by atoms with van der Waals surface area (Å²) in [6.45, 7) is 1.39. The van der Waals surface area contributed by atoms with Crippen LogP contribution in [0.3, 0.4) is 0 Å². The molecule has 33 heavy (non-hydrogen) atoms. The van der Waals surface area contributed by atoms with Gasteiger partial charge in [-0.05, 0) is 24.3 Å². The van der Waals surface area contributed by atoms with Crippen LogP contribution in [0.25, 0.3) is 16.7 Å². The maximum atomic E-state index is 14.3. The lowest BCUT2D eigenvalue weighted by Crippen LogP contribution is -2.23. The first-order chi connectivity index (χ1) is 16.1. The Labute approximate surface area is 196 Å². The van der Waals surface area contributed by atoms with Crippen LogP contribution in [-0.2, 0) is 10.5 Å². The summed E-state index contributed by atoms with van der Waals surface area (Å²) in [6, 6.07) is 15.9. The van der Waals surface area contributed by atoms with Crippen LogP contribution in [0.2, 0.25) is 0 Å². The van der Waals surface area contributed by atoms with Crippen LogP contribution in [-0.4, -0.2) is 30.6 Å². The molecule has 0 atom stereocenters. The van der Waals surface area contributed by atoms with E-state index in [2.05, 4.69) is 20.1 Å². The zero-order chi connectivity index (χ0) is 22.8. The molecule has 3 heterocycles. The van der Waals surface area contributed by atoms with Crippen LogP contribution in [0.1, 0.15) is 12.6 Å². The van der Waals surface area contributed by atoms with Crippen LogP contribution in [0, 0.1) is 5.82 Å². The third-order valence-corrected chi connectivity index (χ3v) is 6.74. The normalized spacial score (nSPS) is 11.1. The first-order valence-electron chi connectivity index (χ1n) is 9.98. The summed E-state index contributed by atoms with van der Waals surface area (Å²) in [5.41, 5.74) is 2.60. The van der Waals surface area contributed by atoms with E-state index >= 15 is 0 Å². The number of fused-ring (bicyclic) bond motifs is 1. The van der Waals surface area contributed by atoms with Gasteiger partial charge >= 0.3 is 0 Å². The van der Waals surface area contributed by atoms with Gasteiger partial charge in [0.2, 0.25) is 5.91 Å². The fourth-order valence-electron chi connectivity index (χ4n) is 3.34. The first kappa shape index (κ1) is 21.2. The quantitative estimate of drug-likeness (QED) is 0.242. The number of nitrogens with zero attached hydrogens (tertiary/aromatic N) is 6. The van der Waals surface area contributed by atoms with Gasteiger partial charge in [0.25, 0.3) is 0 Å². The Morgan fingerprint density at radius 3 is 2.70 bits per heavy atom. The van der Waals surface area contributed by atoms with Crippen LogP contribution >= 0.6 is 23.1 Å². The number of anilines is 2. The Morgan fingerprint density at radius 1 is 1.12 bits per heavy atom. The second-order valence-electron chi connectivity index (χ2n) is 7.02. The number of carbonyl (C=O) groups excluding carboxylic acids is 1. The number of amides is 1. The van der Waals surface area contributed by atoms with Gasteiger partial charge in [0.15, 0.2) is 10.8 Å². The summed E-state index contributed by atoms with van der Waals surface area (Å²) in [6.07, 6.45) is 3.28. The molecular formula is C23H17FN6OS2. The van der Waals surface area contributed by atoms with Crippen molar-refractivity contribution < 1.29 is 9.18 Å². The Kier molecular flexibility index (Phi) is 5.84. The molecule has 0 saturated heterocycles. The first-order valence-corrected chi connectivity index (χ1v) is 11.8. The van der Waals surface area contributed by atoms with E-state index in [0.717, 1.165) is 27.4 Å². The molecule has 1 amide bonds. The van der Waals surface area contributed by atoms with Crippen molar-refractivity contribution in [3.8, 4) is 5.69 Å². The van der Waals surface area contributed by atoms with E-state index in [1.54, 1.807) is 29.1 Å². The molecule has 0 aliphatic rings. The van der Waals surface area contributed by atoms with Gasteiger partial charge in [0.05, 0.1) is 28.7 Å². The molecule has 0 aliphatic carbocycles. The number of halogens is 1. The zero-order valence-corrected chi connectivity index (χ0v) is 19.1. The molecule has 3 aromatic heterocycles. The molecule has 0 saturated carbocycles. The van der Waals surface area contributed by atoms with Crippen LogP contribution in [0.15, 0.2) is 77.5 Å². The number of benzene rings is 2. The largest absolute Gasteiger partial charge is 0.274 e. The van der Waals surface area contributed by atoms with E-state index in [1.807, 2.05) is 35.7 Å². The fourth-order valence-corrected chi connectivity index (χ4v) is 5.18. The molecular weight excluding hydrogens is 459 g/mol. The lowest BCUT2D eigenvalue weighted by Gasteiger charge is -2.18. The lowest BCUT2D eigenvalue weighted by molar-refractivity contribution is -0.115. The van der Waals surface area contributed by atoms with Gasteiger partial charge in [-0.2, -0.15) is 5.10 Å². The highest BCUT2D eigenvalue weighted by molar-refractivity contribution is 7.98. The standard InChI is InChI=1S/C23H17FN6OS2/c1-15(31)29(20-10-6-5-9-19(20)24)23-28-16(13-33-23)12-32-22-18-11-27-30(21(18)25-14-26-22)17-7-3-2-4-8-17/h2-11,13-14H,12H2,1H3. The summed E-state index contributed by atoms with van der Waals surface area (Å²) in [7, 11) is 0. The predicted octanol–water partition coefficient (Wildman–Crippen LogP) is 5.39. The Hall–Kier alpha value is -3.63. The molecule has 0 fully saturated rings. The van der Waals surface area contributed by atoms with Crippen molar-refractivity contribution in [1.82, 2.24) is 24.7 Å². The number of rotatable bonds is 6. The summed E-state index contributed by atoms with van der Waals surface area (Å²) < 4.78 is 16.1. The van der Waals surface area contributed by atoms with Crippen LogP contribution < -0.4 is 4.90 Å². The van der Waals surface area contributed by atoms with E-state index in [-0.39, 0.29) is 11.6 Å². The third kappa shape index (κ3) is 4.22. The molecule has 5 rings (SSSR count). The van der Waals surface area contributed by atoms with Crippen molar-refractivity contribution in [2.24, 2.45) is 0 Å². The van der Waals surface area contributed by atoms with Crippen molar-refractivity contribution in [2.45, 2.75) is 17.7 Å². The van der Waals surface area contributed by atoms with E-state index in [0.29, 0.717) is 10.9 Å². The second-order valence-corrected chi connectivity index (χ2v) is 8.82. The average Bonchev–Trinajstić information content (AvgIpc) is 3.47. The molecule has 10 heteroatoms. The SMILES string of the molecule is CC(=O)N(c1nc(CSc2ncnc3c2cnn3-c2ccccc2)cs1)c1ccccc1F. The van der Waals surface area contributed by atoms with Gasteiger partial charge in [0.1, 0.15) is 17.2 Å².